The molecule has 0 spiro atoms. The Morgan fingerprint density at radius 3 is 1.00 bits per heavy atom. The van der Waals surface area contributed by atoms with Crippen LogP contribution >= 0.6 is 24.0 Å². The van der Waals surface area contributed by atoms with Crippen molar-refractivity contribution in [3.8, 4) is 0 Å². The van der Waals surface area contributed by atoms with Gasteiger partial charge in [-0.15, -0.1) is 24.0 Å². The molecule has 0 amide bonds. The summed E-state index contributed by atoms with van der Waals surface area (Å²) in [6.07, 6.45) is 0. The summed E-state index contributed by atoms with van der Waals surface area (Å²) in [6.45, 7) is 0. The van der Waals surface area contributed by atoms with E-state index in [4.69, 9.17) is 0 Å². The second-order valence-electron chi connectivity index (χ2n) is 0. The van der Waals surface area contributed by atoms with Gasteiger partial charge in [-0.05, 0) is 0 Å². The van der Waals surface area contributed by atoms with Crippen molar-refractivity contribution in [2.24, 2.45) is 0 Å². The fourth-order valence-corrected chi connectivity index (χ4v) is 0. The van der Waals surface area contributed by atoms with Crippen molar-refractivity contribution < 1.29 is 132 Å². The molecular formula is H4CsINa2. The molecule has 0 unspecified atom stereocenters. The van der Waals surface area contributed by atoms with Gasteiger partial charge < -0.3 is 4.28 Å². The zero-order valence-electron chi connectivity index (χ0n) is 6.41. The molecule has 0 nitrogen and oxygen atoms in total. The molecule has 0 aromatic carbocycles. The third-order valence-corrected chi connectivity index (χ3v) is 0. The van der Waals surface area contributed by atoms with Crippen LogP contribution in [0.2, 0.25) is 0 Å². The van der Waals surface area contributed by atoms with Crippen molar-refractivity contribution in [1.29, 1.82) is 0 Å². The minimum absolute atomic E-state index is 0. The molecule has 0 rings (SSSR count). The first-order chi connectivity index (χ1) is 0. The third kappa shape index (κ3) is 9.92. The molecule has 0 aromatic heterocycles. The Kier molecular flexibility index (Phi) is 91.0. The summed E-state index contributed by atoms with van der Waals surface area (Å²) in [5.41, 5.74) is 0. The Hall–Kier alpha value is 4.78. The zero-order valence-corrected chi connectivity index (χ0v) is 16.0. The van der Waals surface area contributed by atoms with Crippen LogP contribution in [0.5, 0.6) is 0 Å². The molecule has 0 heterocycles. The molecule has 0 aliphatic heterocycles. The Morgan fingerprint density at radius 2 is 1.00 bits per heavy atom. The van der Waals surface area contributed by atoms with E-state index in [9.17, 15) is 0 Å². The largest absolute Gasteiger partial charge is 1.00 e. The van der Waals surface area contributed by atoms with Crippen molar-refractivity contribution in [2.45, 2.75) is 0 Å². The molecule has 0 aliphatic rings. The molecule has 0 bridgehead atoms. The first kappa shape index (κ1) is 23.3. The van der Waals surface area contributed by atoms with Crippen molar-refractivity contribution in [2.75, 3.05) is 0 Å². The Bertz CT molecular complexity index is 12.9. The van der Waals surface area contributed by atoms with Crippen LogP contribution in [-0.4, -0.2) is 0 Å². The zero-order chi connectivity index (χ0) is 0. The fourth-order valence-electron chi connectivity index (χ4n) is 0. The average Bonchev–Trinajstić information content (AvgIpc) is 0. The smallest absolute Gasteiger partial charge is 1.00 e. The quantitative estimate of drug-likeness (QED) is 0.308. The maximum atomic E-state index is 0. The van der Waals surface area contributed by atoms with Crippen LogP contribution in [0.1, 0.15) is 4.28 Å². The minimum atomic E-state index is 0. The maximum Gasteiger partial charge on any atom is 1.00 e. The predicted octanol–water partition coefficient (Wildman–Crippen LogP) is -8.03. The van der Waals surface area contributed by atoms with E-state index in [0.29, 0.717) is 0 Å². The Morgan fingerprint density at radius 1 is 1.00 bits per heavy atom. The first-order valence-electron chi connectivity index (χ1n) is 0. The third-order valence-electron chi connectivity index (χ3n) is 0. The molecule has 4 heteroatoms. The van der Waals surface area contributed by atoms with E-state index in [1.54, 1.807) is 0 Å². The molecule has 0 saturated heterocycles. The summed E-state index contributed by atoms with van der Waals surface area (Å²) in [7, 11) is 0. The maximum absolute atomic E-state index is 0. The number of halogens is 1. The van der Waals surface area contributed by atoms with Crippen molar-refractivity contribution in [3.05, 3.63) is 0 Å². The minimum Gasteiger partial charge on any atom is -1.00 e. The number of hydrogen-bond acceptors (Lipinski definition) is 0. The molecule has 0 radical (unpaired) electrons. The molecule has 14 valence electrons. The summed E-state index contributed by atoms with van der Waals surface area (Å²) < 4.78 is 0. The van der Waals surface area contributed by atoms with Crippen LogP contribution in [0.3, 0.4) is 0 Å². The Labute approximate surface area is 151 Å². The van der Waals surface area contributed by atoms with Gasteiger partial charge in [-0.25, -0.2) is 0 Å². The van der Waals surface area contributed by atoms with E-state index >= 15 is 0 Å². The summed E-state index contributed by atoms with van der Waals surface area (Å²) in [5.74, 6) is 0. The first-order valence-corrected chi connectivity index (χ1v) is 0. The fraction of sp³-hybridized carbons (Fsp3) is 0. The normalized spacial score (nSPS) is 0. The van der Waals surface area contributed by atoms with E-state index in [1.165, 1.54) is 0 Å². The molecule has 0 saturated carbocycles. The summed E-state index contributed by atoms with van der Waals surface area (Å²) in [5, 5.41) is 0. The van der Waals surface area contributed by atoms with Gasteiger partial charge in [0.2, 0.25) is 0 Å². The van der Waals surface area contributed by atoms with Crippen LogP contribution < -0.4 is 128 Å². The number of hydrogen-bond donors (Lipinski definition) is 0. The topological polar surface area (TPSA) is 0 Å². The van der Waals surface area contributed by atoms with E-state index < -0.39 is 0 Å². The van der Waals surface area contributed by atoms with Gasteiger partial charge in [-0.3, -0.25) is 0 Å². The van der Waals surface area contributed by atoms with Crippen LogP contribution in [-0.2, 0) is 0 Å². The van der Waals surface area contributed by atoms with Gasteiger partial charge in [-0.1, -0.05) is 0 Å². The van der Waals surface area contributed by atoms with Crippen LogP contribution in [0.4, 0.5) is 0 Å². The van der Waals surface area contributed by atoms with E-state index in [2.05, 4.69) is 0 Å². The van der Waals surface area contributed by atoms with Gasteiger partial charge in [0.1, 0.15) is 0 Å². The summed E-state index contributed by atoms with van der Waals surface area (Å²) in [4.78, 5) is 0. The second kappa shape index (κ2) is 15.7. The summed E-state index contributed by atoms with van der Waals surface area (Å²) in [6, 6.07) is 0. The molecule has 0 N–H and O–H groups in total. The second-order valence-corrected chi connectivity index (χ2v) is 0. The summed E-state index contributed by atoms with van der Waals surface area (Å²) >= 11 is 0. The molecule has 0 atom stereocenters. The number of rotatable bonds is 0. The average molecular weight is 310 g/mol. The van der Waals surface area contributed by atoms with Gasteiger partial charge in [0.25, 0.3) is 0 Å². The van der Waals surface area contributed by atoms with Gasteiger partial charge >= 0.3 is 128 Å². The molecule has 0 aliphatic carbocycles. The van der Waals surface area contributed by atoms with E-state index in [1.807, 2.05) is 0 Å². The molecular weight excluding hydrogens is 306 g/mol. The monoisotopic (exact) mass is 310 g/mol. The van der Waals surface area contributed by atoms with Crippen LogP contribution in [0.25, 0.3) is 0 Å². The predicted molar refractivity (Wildman–Crippen MR) is 18.8 cm³/mol. The molecule has 4 heavy (non-hydrogen) atoms. The van der Waals surface area contributed by atoms with Crippen molar-refractivity contribution in [3.63, 3.8) is 0 Å². The molecule has 0 aromatic rings. The van der Waals surface area contributed by atoms with E-state index in [-0.39, 0.29) is 156 Å². The van der Waals surface area contributed by atoms with Crippen molar-refractivity contribution in [1.82, 2.24) is 0 Å². The van der Waals surface area contributed by atoms with Gasteiger partial charge in [0.15, 0.2) is 0 Å². The van der Waals surface area contributed by atoms with Gasteiger partial charge in [-0.2, -0.15) is 0 Å². The van der Waals surface area contributed by atoms with Crippen molar-refractivity contribution >= 4 is 24.0 Å². The van der Waals surface area contributed by atoms with Crippen LogP contribution in [0, 0.1) is 0 Å². The van der Waals surface area contributed by atoms with Crippen LogP contribution in [0.15, 0.2) is 0 Å². The van der Waals surface area contributed by atoms with Gasteiger partial charge in [0, 0.05) is 0 Å². The van der Waals surface area contributed by atoms with Gasteiger partial charge in [0.05, 0.1) is 0 Å². The van der Waals surface area contributed by atoms with E-state index in [0.717, 1.165) is 0 Å². The SMILES string of the molecule is I.[Cs+].[H-].[H-].[H-].[Na+].[Na+]. The standard InChI is InChI=1S/Cs.HI.2Na.3H/h;1H;;;;;/q+1;;2*+1;3*-1. The molecule has 0 fully saturated rings. The Balaban J connectivity index is 0.